The maximum Gasteiger partial charge on any atom is 0.321 e. The number of carbonyl (C=O) groups is 2. The van der Waals surface area contributed by atoms with Crippen LogP contribution in [0.5, 0.6) is 0 Å². The van der Waals surface area contributed by atoms with Crippen LogP contribution < -0.4 is 10.6 Å². The number of anilines is 1. The summed E-state index contributed by atoms with van der Waals surface area (Å²) in [6.45, 7) is 8.24. The lowest BCUT2D eigenvalue weighted by Crippen LogP contribution is -2.42. The number of aryl methyl sites for hydroxylation is 3. The average molecular weight is 408 g/mol. The van der Waals surface area contributed by atoms with E-state index in [1.165, 1.54) is 11.1 Å². The molecule has 160 valence electrons. The molecule has 0 bridgehead atoms. The third-order valence-electron chi connectivity index (χ3n) is 5.92. The number of likely N-dealkylation sites (tertiary alicyclic amines) is 1. The van der Waals surface area contributed by atoms with E-state index in [1.807, 2.05) is 36.1 Å². The largest absolute Gasteiger partial charge is 0.352 e. The fourth-order valence-electron chi connectivity index (χ4n) is 3.95. The molecule has 2 aromatic rings. The molecule has 0 radical (unpaired) electrons. The number of carbonyl (C=O) groups excluding carboxylic acids is 2. The quantitative estimate of drug-likeness (QED) is 0.711. The monoisotopic (exact) mass is 407 g/mol. The minimum atomic E-state index is -0.0514. The Kier molecular flexibility index (Phi) is 7.50. The van der Waals surface area contributed by atoms with E-state index in [2.05, 4.69) is 42.7 Å². The van der Waals surface area contributed by atoms with E-state index in [0.717, 1.165) is 42.6 Å². The molecule has 0 saturated carbocycles. The van der Waals surface area contributed by atoms with Crippen LogP contribution in [0.2, 0.25) is 0 Å². The first-order valence-corrected chi connectivity index (χ1v) is 10.9. The fourth-order valence-corrected chi connectivity index (χ4v) is 3.95. The highest BCUT2D eigenvalue weighted by Gasteiger charge is 2.24. The standard InChI is InChI=1S/C25H33N3O2/c1-18-6-4-8-23(14-18)27-25(30)28-13-5-7-21(17-28)11-12-24(29)26-16-22-10-9-19(2)20(3)15-22/h4,6,8-10,14-15,21H,5,7,11-13,16-17H2,1-3H3,(H,26,29)(H,27,30)/t21-/m1/s1. The number of nitrogens with zero attached hydrogens (tertiary/aromatic N) is 1. The van der Waals surface area contributed by atoms with Gasteiger partial charge in [-0.15, -0.1) is 0 Å². The Morgan fingerprint density at radius 3 is 2.67 bits per heavy atom. The molecule has 1 atom stereocenters. The van der Waals surface area contributed by atoms with Crippen LogP contribution in [0.1, 0.15) is 47.9 Å². The molecule has 1 aliphatic rings. The van der Waals surface area contributed by atoms with Gasteiger partial charge in [-0.1, -0.05) is 30.3 Å². The predicted molar refractivity (Wildman–Crippen MR) is 121 cm³/mol. The Morgan fingerprint density at radius 1 is 1.07 bits per heavy atom. The van der Waals surface area contributed by atoms with E-state index in [9.17, 15) is 9.59 Å². The van der Waals surface area contributed by atoms with Gasteiger partial charge in [0.15, 0.2) is 0 Å². The van der Waals surface area contributed by atoms with Gasteiger partial charge in [0, 0.05) is 31.7 Å². The third-order valence-corrected chi connectivity index (χ3v) is 5.92. The maximum absolute atomic E-state index is 12.6. The summed E-state index contributed by atoms with van der Waals surface area (Å²) in [5.74, 6) is 0.448. The fraction of sp³-hybridized carbons (Fsp3) is 0.440. The Hall–Kier alpha value is -2.82. The summed E-state index contributed by atoms with van der Waals surface area (Å²) >= 11 is 0. The molecule has 0 unspecified atom stereocenters. The van der Waals surface area contributed by atoms with Crippen LogP contribution in [-0.2, 0) is 11.3 Å². The van der Waals surface area contributed by atoms with Crippen molar-refractivity contribution in [3.8, 4) is 0 Å². The van der Waals surface area contributed by atoms with Crippen LogP contribution in [0, 0.1) is 26.7 Å². The molecule has 1 heterocycles. The van der Waals surface area contributed by atoms with Crippen molar-refractivity contribution < 1.29 is 9.59 Å². The Bertz CT molecular complexity index is 894. The van der Waals surface area contributed by atoms with Gasteiger partial charge >= 0.3 is 6.03 Å². The summed E-state index contributed by atoms with van der Waals surface area (Å²) in [4.78, 5) is 26.8. The second-order valence-electron chi connectivity index (χ2n) is 8.49. The van der Waals surface area contributed by atoms with E-state index in [1.54, 1.807) is 0 Å². The summed E-state index contributed by atoms with van der Waals surface area (Å²) in [6.07, 6.45) is 3.37. The average Bonchev–Trinajstić information content (AvgIpc) is 2.73. The smallest absolute Gasteiger partial charge is 0.321 e. The molecule has 5 nitrogen and oxygen atoms in total. The normalized spacial score (nSPS) is 16.2. The van der Waals surface area contributed by atoms with Crippen LogP contribution in [0.3, 0.4) is 0 Å². The van der Waals surface area contributed by atoms with Crippen LogP contribution in [-0.4, -0.2) is 29.9 Å². The molecule has 0 spiro atoms. The van der Waals surface area contributed by atoms with Crippen LogP contribution in [0.25, 0.3) is 0 Å². The van der Waals surface area contributed by atoms with Crippen LogP contribution >= 0.6 is 0 Å². The van der Waals surface area contributed by atoms with E-state index >= 15 is 0 Å². The van der Waals surface area contributed by atoms with Crippen molar-refractivity contribution in [2.24, 2.45) is 5.92 Å². The van der Waals surface area contributed by atoms with Crippen molar-refractivity contribution in [1.82, 2.24) is 10.2 Å². The molecule has 3 rings (SSSR count). The lowest BCUT2D eigenvalue weighted by Gasteiger charge is -2.32. The van der Waals surface area contributed by atoms with Crippen LogP contribution in [0.4, 0.5) is 10.5 Å². The summed E-state index contributed by atoms with van der Waals surface area (Å²) in [6, 6.07) is 14.1. The molecule has 2 aromatic carbocycles. The van der Waals surface area contributed by atoms with Crippen molar-refractivity contribution in [1.29, 1.82) is 0 Å². The Morgan fingerprint density at radius 2 is 1.90 bits per heavy atom. The number of rotatable bonds is 6. The zero-order valence-corrected chi connectivity index (χ0v) is 18.3. The first kappa shape index (κ1) is 21.9. The molecule has 1 aliphatic heterocycles. The summed E-state index contributed by atoms with van der Waals surface area (Å²) < 4.78 is 0. The van der Waals surface area contributed by atoms with E-state index < -0.39 is 0 Å². The van der Waals surface area contributed by atoms with Gasteiger partial charge in [0.2, 0.25) is 5.91 Å². The maximum atomic E-state index is 12.6. The Balaban J connectivity index is 1.42. The zero-order valence-electron chi connectivity index (χ0n) is 18.3. The van der Waals surface area contributed by atoms with Crippen LogP contribution in [0.15, 0.2) is 42.5 Å². The number of piperidine rings is 1. The second-order valence-corrected chi connectivity index (χ2v) is 8.49. The first-order valence-electron chi connectivity index (χ1n) is 10.9. The first-order chi connectivity index (χ1) is 14.4. The van der Waals surface area contributed by atoms with Gasteiger partial charge < -0.3 is 15.5 Å². The lowest BCUT2D eigenvalue weighted by atomic mass is 9.93. The van der Waals surface area contributed by atoms with Gasteiger partial charge in [0.25, 0.3) is 0 Å². The Labute approximate surface area is 179 Å². The third kappa shape index (κ3) is 6.34. The molecule has 1 saturated heterocycles. The molecular formula is C25H33N3O2. The summed E-state index contributed by atoms with van der Waals surface area (Å²) in [7, 11) is 0. The van der Waals surface area contributed by atoms with E-state index in [0.29, 0.717) is 25.4 Å². The molecule has 3 amide bonds. The summed E-state index contributed by atoms with van der Waals surface area (Å²) in [5.41, 5.74) is 5.58. The van der Waals surface area contributed by atoms with Gasteiger partial charge in [-0.25, -0.2) is 4.79 Å². The molecule has 1 fully saturated rings. The van der Waals surface area contributed by atoms with Crippen molar-refractivity contribution in [2.45, 2.75) is 53.0 Å². The molecular weight excluding hydrogens is 374 g/mol. The van der Waals surface area contributed by atoms with E-state index in [-0.39, 0.29) is 11.9 Å². The predicted octanol–water partition coefficient (Wildman–Crippen LogP) is 4.95. The highest BCUT2D eigenvalue weighted by atomic mass is 16.2. The second kappa shape index (κ2) is 10.3. The van der Waals surface area contributed by atoms with Gasteiger partial charge in [-0.3, -0.25) is 4.79 Å². The number of benzene rings is 2. The van der Waals surface area contributed by atoms with E-state index in [4.69, 9.17) is 0 Å². The van der Waals surface area contributed by atoms with Crippen molar-refractivity contribution in [3.63, 3.8) is 0 Å². The molecule has 2 N–H and O–H groups in total. The topological polar surface area (TPSA) is 61.4 Å². The van der Waals surface area contributed by atoms with Crippen molar-refractivity contribution in [3.05, 3.63) is 64.7 Å². The molecule has 0 aliphatic carbocycles. The number of nitrogens with one attached hydrogen (secondary N) is 2. The molecule has 0 aromatic heterocycles. The van der Waals surface area contributed by atoms with Gasteiger partial charge in [0.1, 0.15) is 0 Å². The van der Waals surface area contributed by atoms with Gasteiger partial charge in [-0.2, -0.15) is 0 Å². The van der Waals surface area contributed by atoms with Crippen molar-refractivity contribution >= 4 is 17.6 Å². The minimum Gasteiger partial charge on any atom is -0.352 e. The van der Waals surface area contributed by atoms with Gasteiger partial charge in [-0.05, 0) is 80.3 Å². The highest BCUT2D eigenvalue weighted by molar-refractivity contribution is 5.89. The van der Waals surface area contributed by atoms with Crippen molar-refractivity contribution in [2.75, 3.05) is 18.4 Å². The number of hydrogen-bond donors (Lipinski definition) is 2. The lowest BCUT2D eigenvalue weighted by molar-refractivity contribution is -0.121. The minimum absolute atomic E-state index is 0.0514. The highest BCUT2D eigenvalue weighted by Crippen LogP contribution is 2.22. The molecule has 30 heavy (non-hydrogen) atoms. The number of hydrogen-bond acceptors (Lipinski definition) is 2. The number of urea groups is 1. The van der Waals surface area contributed by atoms with Gasteiger partial charge in [0.05, 0.1) is 0 Å². The number of amides is 3. The summed E-state index contributed by atoms with van der Waals surface area (Å²) in [5, 5.41) is 6.02. The molecule has 5 heteroatoms. The zero-order chi connectivity index (χ0) is 21.5. The SMILES string of the molecule is Cc1cccc(NC(=O)N2CCC[C@H](CCC(=O)NCc3ccc(C)c(C)c3)C2)c1.